The van der Waals surface area contributed by atoms with Crippen molar-refractivity contribution >= 4 is 11.6 Å². The number of rotatable bonds is 4. The van der Waals surface area contributed by atoms with Crippen LogP contribution in [0.1, 0.15) is 6.92 Å². The summed E-state index contributed by atoms with van der Waals surface area (Å²) in [5.74, 6) is 1.37. The molecule has 0 atom stereocenters. The van der Waals surface area contributed by atoms with Gasteiger partial charge in [-0.25, -0.2) is 0 Å². The fraction of sp³-hybridized carbons (Fsp3) is 0.111. The van der Waals surface area contributed by atoms with E-state index >= 15 is 0 Å². The lowest BCUT2D eigenvalue weighted by Crippen LogP contribution is -2.05. The number of methoxy groups -OCH3 is 1. The highest BCUT2D eigenvalue weighted by Gasteiger charge is 2.09. The van der Waals surface area contributed by atoms with Crippen LogP contribution in [0.2, 0.25) is 0 Å². The van der Waals surface area contributed by atoms with E-state index in [4.69, 9.17) is 9.26 Å². The minimum atomic E-state index is -0.0980. The summed E-state index contributed by atoms with van der Waals surface area (Å²) in [5, 5.41) is 6.83. The van der Waals surface area contributed by atoms with Crippen molar-refractivity contribution in [3.8, 4) is 28.3 Å². The van der Waals surface area contributed by atoms with E-state index in [1.807, 2.05) is 54.6 Å². The standard InChI is InChI=1S/C18H16N2O3/c1-12(21)19-15-7-3-14(4-8-15)18-11-17(20-23-18)13-5-9-16(22-2)10-6-13/h3-11H,1-2H3,(H,19,21). The lowest BCUT2D eigenvalue weighted by molar-refractivity contribution is -0.114. The van der Waals surface area contributed by atoms with E-state index in [1.54, 1.807) is 7.11 Å². The van der Waals surface area contributed by atoms with Gasteiger partial charge in [0, 0.05) is 29.8 Å². The summed E-state index contributed by atoms with van der Waals surface area (Å²) in [4.78, 5) is 11.0. The van der Waals surface area contributed by atoms with E-state index in [0.717, 1.165) is 28.3 Å². The van der Waals surface area contributed by atoms with Gasteiger partial charge in [-0.1, -0.05) is 5.16 Å². The molecule has 116 valence electrons. The molecule has 1 aromatic heterocycles. The largest absolute Gasteiger partial charge is 0.497 e. The number of amides is 1. The van der Waals surface area contributed by atoms with Crippen LogP contribution in [0.25, 0.3) is 22.6 Å². The van der Waals surface area contributed by atoms with Crippen LogP contribution in [0.4, 0.5) is 5.69 Å². The monoisotopic (exact) mass is 308 g/mol. The number of nitrogens with zero attached hydrogens (tertiary/aromatic N) is 1. The van der Waals surface area contributed by atoms with Crippen LogP contribution in [0.3, 0.4) is 0 Å². The topological polar surface area (TPSA) is 64.4 Å². The van der Waals surface area contributed by atoms with Crippen molar-refractivity contribution in [2.45, 2.75) is 6.92 Å². The summed E-state index contributed by atoms with van der Waals surface area (Å²) < 4.78 is 10.6. The number of anilines is 1. The maximum Gasteiger partial charge on any atom is 0.221 e. The molecule has 1 N–H and O–H groups in total. The van der Waals surface area contributed by atoms with Crippen LogP contribution in [0.5, 0.6) is 5.75 Å². The van der Waals surface area contributed by atoms with E-state index < -0.39 is 0 Å². The third kappa shape index (κ3) is 3.40. The Bertz CT molecular complexity index is 805. The Hall–Kier alpha value is -3.08. The zero-order valence-corrected chi connectivity index (χ0v) is 12.9. The normalized spacial score (nSPS) is 10.3. The molecule has 3 rings (SSSR count). The summed E-state index contributed by atoms with van der Waals surface area (Å²) in [7, 11) is 1.63. The molecule has 5 nitrogen and oxygen atoms in total. The Morgan fingerprint density at radius 1 is 1.04 bits per heavy atom. The van der Waals surface area contributed by atoms with Gasteiger partial charge in [0.2, 0.25) is 5.91 Å². The highest BCUT2D eigenvalue weighted by molar-refractivity contribution is 5.88. The van der Waals surface area contributed by atoms with Crippen LogP contribution < -0.4 is 10.1 Å². The van der Waals surface area contributed by atoms with Crippen LogP contribution in [0, 0.1) is 0 Å². The van der Waals surface area contributed by atoms with Crippen molar-refractivity contribution in [3.05, 3.63) is 54.6 Å². The fourth-order valence-corrected chi connectivity index (χ4v) is 2.23. The third-order valence-electron chi connectivity index (χ3n) is 3.39. The predicted octanol–water partition coefficient (Wildman–Crippen LogP) is 3.98. The van der Waals surface area contributed by atoms with Gasteiger partial charge < -0.3 is 14.6 Å². The summed E-state index contributed by atoms with van der Waals surface area (Å²) >= 11 is 0. The van der Waals surface area contributed by atoms with Gasteiger partial charge in [0.15, 0.2) is 5.76 Å². The number of benzene rings is 2. The Kier molecular flexibility index (Phi) is 4.10. The minimum Gasteiger partial charge on any atom is -0.497 e. The van der Waals surface area contributed by atoms with Crippen molar-refractivity contribution in [2.75, 3.05) is 12.4 Å². The maximum atomic E-state index is 11.0. The average Bonchev–Trinajstić information content (AvgIpc) is 3.05. The zero-order chi connectivity index (χ0) is 16.2. The average molecular weight is 308 g/mol. The number of ether oxygens (including phenoxy) is 1. The number of hydrogen-bond acceptors (Lipinski definition) is 4. The molecule has 0 unspecified atom stereocenters. The SMILES string of the molecule is COc1ccc(-c2cc(-c3ccc(NC(C)=O)cc3)on2)cc1. The second-order valence-electron chi connectivity index (χ2n) is 5.06. The molecule has 1 amide bonds. The van der Waals surface area contributed by atoms with Gasteiger partial charge in [0.05, 0.1) is 7.11 Å². The molecule has 0 bridgehead atoms. The molecule has 3 aromatic rings. The molecule has 0 saturated carbocycles. The van der Waals surface area contributed by atoms with Crippen LogP contribution in [-0.2, 0) is 4.79 Å². The molecule has 0 saturated heterocycles. The van der Waals surface area contributed by atoms with Gasteiger partial charge in [0.1, 0.15) is 11.4 Å². The van der Waals surface area contributed by atoms with Gasteiger partial charge in [0.25, 0.3) is 0 Å². The molecule has 5 heteroatoms. The summed E-state index contributed by atoms with van der Waals surface area (Å²) in [5.41, 5.74) is 3.35. The first kappa shape index (κ1) is 14.8. The molecule has 0 aliphatic heterocycles. The maximum absolute atomic E-state index is 11.0. The summed E-state index contributed by atoms with van der Waals surface area (Å²) in [6, 6.07) is 16.9. The van der Waals surface area contributed by atoms with Crippen LogP contribution in [-0.4, -0.2) is 18.2 Å². The Balaban J connectivity index is 1.81. The second kappa shape index (κ2) is 6.36. The molecule has 0 radical (unpaired) electrons. The van der Waals surface area contributed by atoms with Gasteiger partial charge in [-0.3, -0.25) is 4.79 Å². The van der Waals surface area contributed by atoms with Crippen molar-refractivity contribution in [1.29, 1.82) is 0 Å². The molecule has 2 aromatic carbocycles. The number of carbonyl (C=O) groups excluding carboxylic acids is 1. The smallest absolute Gasteiger partial charge is 0.221 e. The van der Waals surface area contributed by atoms with Gasteiger partial charge in [-0.15, -0.1) is 0 Å². The molecule has 0 aliphatic carbocycles. The van der Waals surface area contributed by atoms with Crippen molar-refractivity contribution < 1.29 is 14.1 Å². The molecule has 0 aliphatic rings. The summed E-state index contributed by atoms with van der Waals surface area (Å²) in [6.07, 6.45) is 0. The molecule has 0 fully saturated rings. The number of hydrogen-bond donors (Lipinski definition) is 1. The van der Waals surface area contributed by atoms with Crippen molar-refractivity contribution in [2.24, 2.45) is 0 Å². The molecule has 23 heavy (non-hydrogen) atoms. The van der Waals surface area contributed by atoms with E-state index in [-0.39, 0.29) is 5.91 Å². The molecule has 1 heterocycles. The van der Waals surface area contributed by atoms with E-state index in [1.165, 1.54) is 6.92 Å². The first-order chi connectivity index (χ1) is 11.2. The van der Waals surface area contributed by atoms with E-state index in [2.05, 4.69) is 10.5 Å². The van der Waals surface area contributed by atoms with E-state index in [0.29, 0.717) is 5.76 Å². The van der Waals surface area contributed by atoms with Gasteiger partial charge in [-0.2, -0.15) is 0 Å². The second-order valence-corrected chi connectivity index (χ2v) is 5.06. The molecular weight excluding hydrogens is 292 g/mol. The molecule has 0 spiro atoms. The zero-order valence-electron chi connectivity index (χ0n) is 12.9. The minimum absolute atomic E-state index is 0.0980. The Morgan fingerprint density at radius 3 is 2.30 bits per heavy atom. The number of aromatic nitrogens is 1. The van der Waals surface area contributed by atoms with Crippen molar-refractivity contribution in [3.63, 3.8) is 0 Å². The lowest BCUT2D eigenvalue weighted by atomic mass is 10.1. The van der Waals surface area contributed by atoms with Gasteiger partial charge in [-0.05, 0) is 48.5 Å². The summed E-state index contributed by atoms with van der Waals surface area (Å²) in [6.45, 7) is 1.48. The first-order valence-corrected chi connectivity index (χ1v) is 7.15. The highest BCUT2D eigenvalue weighted by Crippen LogP contribution is 2.27. The lowest BCUT2D eigenvalue weighted by Gasteiger charge is -2.02. The Labute approximate surface area is 133 Å². The highest BCUT2D eigenvalue weighted by atomic mass is 16.5. The quantitative estimate of drug-likeness (QED) is 0.792. The van der Waals surface area contributed by atoms with Crippen LogP contribution in [0.15, 0.2) is 59.1 Å². The number of nitrogens with one attached hydrogen (secondary N) is 1. The first-order valence-electron chi connectivity index (χ1n) is 7.15. The van der Waals surface area contributed by atoms with E-state index in [9.17, 15) is 4.79 Å². The fourth-order valence-electron chi connectivity index (χ4n) is 2.23. The molecular formula is C18H16N2O3. The number of carbonyl (C=O) groups is 1. The Morgan fingerprint density at radius 2 is 1.70 bits per heavy atom. The van der Waals surface area contributed by atoms with Gasteiger partial charge >= 0.3 is 0 Å². The van der Waals surface area contributed by atoms with Crippen LogP contribution >= 0.6 is 0 Å². The third-order valence-corrected chi connectivity index (χ3v) is 3.39. The predicted molar refractivity (Wildman–Crippen MR) is 88.2 cm³/mol. The van der Waals surface area contributed by atoms with Crippen molar-refractivity contribution in [1.82, 2.24) is 5.16 Å².